The Balaban J connectivity index is 1.72. The first-order valence-corrected chi connectivity index (χ1v) is 8.54. The van der Waals surface area contributed by atoms with Crippen molar-refractivity contribution >= 4 is 45.1 Å². The topological polar surface area (TPSA) is 87.8 Å². The van der Waals surface area contributed by atoms with Gasteiger partial charge in [0, 0.05) is 17.1 Å². The minimum atomic E-state index is -0.512. The molecular weight excluding hydrogens is 320 g/mol. The van der Waals surface area contributed by atoms with Crippen molar-refractivity contribution in [3.05, 3.63) is 27.1 Å². The fourth-order valence-electron chi connectivity index (χ4n) is 2.46. The van der Waals surface area contributed by atoms with E-state index in [9.17, 15) is 9.59 Å². The molecule has 3 rings (SSSR count). The number of nitrogens with two attached hydrogens (primary N) is 1. The zero-order valence-electron chi connectivity index (χ0n) is 12.3. The van der Waals surface area contributed by atoms with E-state index in [1.165, 1.54) is 11.3 Å². The van der Waals surface area contributed by atoms with Gasteiger partial charge in [-0.1, -0.05) is 11.8 Å². The number of anilines is 1. The number of rotatable bonds is 4. The minimum Gasteiger partial charge on any atom is -0.365 e. The Bertz CT molecular complexity index is 721. The molecule has 0 radical (unpaired) electrons. The molecule has 1 aromatic heterocycles. The maximum Gasteiger partial charge on any atom is 0.251 e. The van der Waals surface area contributed by atoms with E-state index in [0.717, 1.165) is 34.4 Å². The van der Waals surface area contributed by atoms with Crippen LogP contribution in [0.25, 0.3) is 0 Å². The number of hydrogen-bond acceptors (Lipinski definition) is 6. The molecule has 0 saturated heterocycles. The van der Waals surface area contributed by atoms with E-state index in [1.54, 1.807) is 11.8 Å². The van der Waals surface area contributed by atoms with E-state index >= 15 is 0 Å². The van der Waals surface area contributed by atoms with E-state index in [-0.39, 0.29) is 12.3 Å². The van der Waals surface area contributed by atoms with Crippen LogP contribution in [0.3, 0.4) is 0 Å². The summed E-state index contributed by atoms with van der Waals surface area (Å²) in [5.41, 5.74) is 7.61. The number of fused-ring (bicyclic) bond motifs is 1. The van der Waals surface area contributed by atoms with Crippen LogP contribution in [0.4, 0.5) is 5.00 Å². The number of carbonyl (C=O) groups is 2. The number of amidine groups is 1. The highest BCUT2D eigenvalue weighted by Crippen LogP contribution is 2.34. The van der Waals surface area contributed by atoms with Crippen LogP contribution in [0.2, 0.25) is 0 Å². The van der Waals surface area contributed by atoms with Gasteiger partial charge in [-0.05, 0) is 24.8 Å². The molecule has 0 aliphatic carbocycles. The number of thioether (sulfide) groups is 1. The Morgan fingerprint density at radius 1 is 1.45 bits per heavy atom. The number of thiophene rings is 1. The summed E-state index contributed by atoms with van der Waals surface area (Å²) in [5.74, 6) is -0.662. The molecule has 2 aliphatic heterocycles. The van der Waals surface area contributed by atoms with Crippen molar-refractivity contribution in [2.45, 2.75) is 20.3 Å². The Morgan fingerprint density at radius 2 is 2.23 bits per heavy atom. The lowest BCUT2D eigenvalue weighted by atomic mass is 10.1. The average Bonchev–Trinajstić information content (AvgIpc) is 3.08. The molecule has 116 valence electrons. The summed E-state index contributed by atoms with van der Waals surface area (Å²) in [6.45, 7) is 5.34. The van der Waals surface area contributed by atoms with Crippen LogP contribution in [-0.2, 0) is 4.79 Å². The predicted octanol–water partition coefficient (Wildman–Crippen LogP) is 2.05. The van der Waals surface area contributed by atoms with Crippen LogP contribution in [0.15, 0.2) is 16.1 Å². The summed E-state index contributed by atoms with van der Waals surface area (Å²) in [6.07, 6.45) is 0.264. The van der Waals surface area contributed by atoms with Gasteiger partial charge in [0.05, 0.1) is 18.5 Å². The summed E-state index contributed by atoms with van der Waals surface area (Å²) in [5, 5.41) is 6.28. The highest BCUT2D eigenvalue weighted by molar-refractivity contribution is 8.16. The van der Waals surface area contributed by atoms with E-state index in [2.05, 4.69) is 15.2 Å². The quantitative estimate of drug-likeness (QED) is 0.881. The third-order valence-corrected chi connectivity index (χ3v) is 5.75. The largest absolute Gasteiger partial charge is 0.365 e. The molecule has 3 N–H and O–H groups in total. The van der Waals surface area contributed by atoms with Gasteiger partial charge in [-0.3, -0.25) is 14.6 Å². The second kappa shape index (κ2) is 5.77. The van der Waals surface area contributed by atoms with Crippen molar-refractivity contribution in [1.82, 2.24) is 4.90 Å². The van der Waals surface area contributed by atoms with Gasteiger partial charge in [-0.2, -0.15) is 0 Å². The van der Waals surface area contributed by atoms with Crippen LogP contribution in [0.5, 0.6) is 0 Å². The van der Waals surface area contributed by atoms with E-state index in [0.29, 0.717) is 10.6 Å². The minimum absolute atomic E-state index is 0.149. The molecule has 3 heterocycles. The van der Waals surface area contributed by atoms with Crippen molar-refractivity contribution in [3.8, 4) is 0 Å². The summed E-state index contributed by atoms with van der Waals surface area (Å²) < 4.78 is 0. The number of nitrogens with zero attached hydrogens (tertiary/aromatic N) is 2. The van der Waals surface area contributed by atoms with Gasteiger partial charge in [0.25, 0.3) is 5.91 Å². The van der Waals surface area contributed by atoms with E-state index in [1.807, 2.05) is 19.3 Å². The molecule has 22 heavy (non-hydrogen) atoms. The van der Waals surface area contributed by atoms with Gasteiger partial charge in [0.2, 0.25) is 5.91 Å². The standard InChI is InChI=1S/C14H16N4O2S2/c1-7-8(2)22-13(11(7)12(15)20)17-10(19)5-9-6-21-14-16-3-4-18(9)14/h6H,3-5H2,1-2H3,(H2,15,20)(H,17,19). The number of nitrogens with one attached hydrogen (secondary N) is 1. The normalized spacial score (nSPS) is 16.4. The molecule has 2 aliphatic rings. The number of aryl methyl sites for hydroxylation is 1. The Kier molecular flexibility index (Phi) is 3.96. The van der Waals surface area contributed by atoms with Crippen LogP contribution in [0.1, 0.15) is 27.2 Å². The summed E-state index contributed by atoms with van der Waals surface area (Å²) in [7, 11) is 0. The summed E-state index contributed by atoms with van der Waals surface area (Å²) >= 11 is 2.93. The smallest absolute Gasteiger partial charge is 0.251 e. The molecule has 0 aromatic carbocycles. The zero-order valence-corrected chi connectivity index (χ0v) is 13.9. The Morgan fingerprint density at radius 3 is 2.95 bits per heavy atom. The fraction of sp³-hybridized carbons (Fsp3) is 0.357. The Hall–Kier alpha value is -1.80. The van der Waals surface area contributed by atoms with E-state index in [4.69, 9.17) is 5.73 Å². The second-order valence-corrected chi connectivity index (χ2v) is 7.18. The van der Waals surface area contributed by atoms with Crippen molar-refractivity contribution in [1.29, 1.82) is 0 Å². The SMILES string of the molecule is Cc1sc(NC(=O)CC2=CSC3=NCCN23)c(C(N)=O)c1C. The molecule has 0 spiro atoms. The monoisotopic (exact) mass is 336 g/mol. The molecule has 0 fully saturated rings. The summed E-state index contributed by atoms with van der Waals surface area (Å²) in [6, 6.07) is 0. The molecule has 2 amide bonds. The molecule has 6 nitrogen and oxygen atoms in total. The van der Waals surface area contributed by atoms with Crippen molar-refractivity contribution < 1.29 is 9.59 Å². The van der Waals surface area contributed by atoms with Gasteiger partial charge in [-0.25, -0.2) is 0 Å². The average molecular weight is 336 g/mol. The maximum absolute atomic E-state index is 12.3. The summed E-state index contributed by atoms with van der Waals surface area (Å²) in [4.78, 5) is 31.2. The molecule has 0 saturated carbocycles. The first kappa shape index (κ1) is 15.1. The molecule has 1 aromatic rings. The van der Waals surface area contributed by atoms with E-state index < -0.39 is 5.91 Å². The lowest BCUT2D eigenvalue weighted by molar-refractivity contribution is -0.115. The molecular formula is C14H16N4O2S2. The van der Waals surface area contributed by atoms with Gasteiger partial charge in [-0.15, -0.1) is 11.3 Å². The lowest BCUT2D eigenvalue weighted by Crippen LogP contribution is -2.24. The van der Waals surface area contributed by atoms with Crippen molar-refractivity contribution in [3.63, 3.8) is 0 Å². The molecule has 0 bridgehead atoms. The maximum atomic E-state index is 12.3. The Labute approximate surface area is 136 Å². The number of amides is 2. The first-order valence-electron chi connectivity index (χ1n) is 6.84. The molecule has 0 atom stereocenters. The van der Waals surface area contributed by atoms with Gasteiger partial charge in [0.1, 0.15) is 5.00 Å². The highest BCUT2D eigenvalue weighted by Gasteiger charge is 2.28. The van der Waals surface area contributed by atoms with Gasteiger partial charge in [0.15, 0.2) is 5.17 Å². The molecule has 8 heteroatoms. The third-order valence-electron chi connectivity index (χ3n) is 3.67. The van der Waals surface area contributed by atoms with Crippen molar-refractivity contribution in [2.75, 3.05) is 18.4 Å². The van der Waals surface area contributed by atoms with Crippen LogP contribution >= 0.6 is 23.1 Å². The fourth-order valence-corrected chi connectivity index (χ4v) is 4.50. The van der Waals surface area contributed by atoms with Crippen LogP contribution in [0, 0.1) is 13.8 Å². The number of carbonyl (C=O) groups excluding carboxylic acids is 2. The second-order valence-electron chi connectivity index (χ2n) is 5.12. The third kappa shape index (κ3) is 2.64. The predicted molar refractivity (Wildman–Crippen MR) is 90.2 cm³/mol. The number of primary amides is 1. The first-order chi connectivity index (χ1) is 10.5. The van der Waals surface area contributed by atoms with Crippen LogP contribution in [-0.4, -0.2) is 35.0 Å². The zero-order chi connectivity index (χ0) is 15.9. The van der Waals surface area contributed by atoms with Gasteiger partial charge < -0.3 is 16.0 Å². The number of hydrogen-bond donors (Lipinski definition) is 2. The highest BCUT2D eigenvalue weighted by atomic mass is 32.2. The van der Waals surface area contributed by atoms with Crippen LogP contribution < -0.4 is 11.1 Å². The number of aliphatic imine (C=N–C) groups is 1. The van der Waals surface area contributed by atoms with Gasteiger partial charge >= 0.3 is 0 Å². The molecule has 0 unspecified atom stereocenters. The van der Waals surface area contributed by atoms with Crippen molar-refractivity contribution in [2.24, 2.45) is 10.7 Å². The lowest BCUT2D eigenvalue weighted by Gasteiger charge is -2.16.